The molecule has 0 radical (unpaired) electrons. The second-order valence-electron chi connectivity index (χ2n) is 5.36. The van der Waals surface area contributed by atoms with Crippen molar-refractivity contribution in [1.82, 2.24) is 9.62 Å². The molecule has 0 amide bonds. The van der Waals surface area contributed by atoms with Crippen LogP contribution in [-0.4, -0.2) is 31.9 Å². The Bertz CT molecular complexity index is 598. The molecule has 1 fully saturated rings. The van der Waals surface area contributed by atoms with Crippen molar-refractivity contribution in [2.45, 2.75) is 38.1 Å². The summed E-state index contributed by atoms with van der Waals surface area (Å²) < 4.78 is 25.8. The van der Waals surface area contributed by atoms with E-state index in [-0.39, 0.29) is 12.3 Å². The molecule has 21 heavy (non-hydrogen) atoms. The average Bonchev–Trinajstić information content (AvgIpc) is 3.27. The predicted molar refractivity (Wildman–Crippen MR) is 85.0 cm³/mol. The third-order valence-electron chi connectivity index (χ3n) is 3.56. The fourth-order valence-corrected chi connectivity index (χ4v) is 3.57. The molecule has 1 N–H and O–H groups in total. The van der Waals surface area contributed by atoms with Gasteiger partial charge in [-0.3, -0.25) is 0 Å². The van der Waals surface area contributed by atoms with E-state index in [1.165, 1.54) is 22.7 Å². The third kappa shape index (κ3) is 4.85. The third-order valence-corrected chi connectivity index (χ3v) is 5.43. The van der Waals surface area contributed by atoms with Gasteiger partial charge in [0, 0.05) is 19.1 Å². The molecule has 0 bridgehead atoms. The molecule has 1 saturated carbocycles. The Balaban J connectivity index is 1.96. The number of rotatable bonds is 8. The first-order chi connectivity index (χ1) is 10.0. The lowest BCUT2D eigenvalue weighted by molar-refractivity contribution is 0.463. The van der Waals surface area contributed by atoms with E-state index < -0.39 is 10.0 Å². The molecule has 0 saturated heterocycles. The van der Waals surface area contributed by atoms with Gasteiger partial charge >= 0.3 is 0 Å². The zero-order chi connectivity index (χ0) is 15.3. The van der Waals surface area contributed by atoms with E-state index in [1.54, 1.807) is 6.92 Å². The standard InChI is InChI=1S/C16H22N2O2S/c1-3-11-18(4-2)21(19,20)13-15-7-5-14(6-8-15)12-17-16-9-10-16/h1,5-8,16-17H,4,9-13H2,2H3. The van der Waals surface area contributed by atoms with Crippen molar-refractivity contribution in [1.29, 1.82) is 0 Å². The van der Waals surface area contributed by atoms with E-state index in [4.69, 9.17) is 6.42 Å². The summed E-state index contributed by atoms with van der Waals surface area (Å²) in [5, 5.41) is 3.44. The molecule has 0 unspecified atom stereocenters. The van der Waals surface area contributed by atoms with Crippen LogP contribution in [0.1, 0.15) is 30.9 Å². The van der Waals surface area contributed by atoms with Crippen LogP contribution in [0.25, 0.3) is 0 Å². The topological polar surface area (TPSA) is 49.4 Å². The van der Waals surface area contributed by atoms with E-state index in [0.29, 0.717) is 12.6 Å². The van der Waals surface area contributed by atoms with Crippen molar-refractivity contribution in [3.05, 3.63) is 35.4 Å². The first-order valence-electron chi connectivity index (χ1n) is 7.27. The fraction of sp³-hybridized carbons (Fsp3) is 0.500. The van der Waals surface area contributed by atoms with Crippen molar-refractivity contribution in [2.24, 2.45) is 0 Å². The summed E-state index contributed by atoms with van der Waals surface area (Å²) in [5.74, 6) is 2.39. The summed E-state index contributed by atoms with van der Waals surface area (Å²) in [6, 6.07) is 8.40. The molecule has 4 nitrogen and oxygen atoms in total. The summed E-state index contributed by atoms with van der Waals surface area (Å²) in [6.45, 7) is 3.16. The van der Waals surface area contributed by atoms with Gasteiger partial charge in [0.2, 0.25) is 10.0 Å². The van der Waals surface area contributed by atoms with Gasteiger partial charge in [-0.1, -0.05) is 37.1 Å². The van der Waals surface area contributed by atoms with E-state index >= 15 is 0 Å². The summed E-state index contributed by atoms with van der Waals surface area (Å²) >= 11 is 0. The molecule has 5 heteroatoms. The quantitative estimate of drug-likeness (QED) is 0.744. The lowest BCUT2D eigenvalue weighted by atomic mass is 10.1. The normalized spacial score (nSPS) is 15.1. The van der Waals surface area contributed by atoms with Crippen LogP contribution in [0, 0.1) is 12.3 Å². The molecule has 114 valence electrons. The van der Waals surface area contributed by atoms with Crippen LogP contribution in [0.15, 0.2) is 24.3 Å². The maximum Gasteiger partial charge on any atom is 0.219 e. The second kappa shape index (κ2) is 7.08. The monoisotopic (exact) mass is 306 g/mol. The van der Waals surface area contributed by atoms with Crippen LogP contribution in [0.5, 0.6) is 0 Å². The maximum absolute atomic E-state index is 12.2. The number of nitrogens with one attached hydrogen (secondary N) is 1. The molecular weight excluding hydrogens is 284 g/mol. The van der Waals surface area contributed by atoms with Gasteiger partial charge in [0.05, 0.1) is 12.3 Å². The Morgan fingerprint density at radius 3 is 2.43 bits per heavy atom. The van der Waals surface area contributed by atoms with Crippen LogP contribution < -0.4 is 5.32 Å². The highest BCUT2D eigenvalue weighted by atomic mass is 32.2. The van der Waals surface area contributed by atoms with Gasteiger partial charge in [-0.05, 0) is 24.0 Å². The lowest BCUT2D eigenvalue weighted by Crippen LogP contribution is -2.32. The Hall–Kier alpha value is -1.35. The first kappa shape index (κ1) is 16.0. The van der Waals surface area contributed by atoms with E-state index in [2.05, 4.69) is 11.2 Å². The van der Waals surface area contributed by atoms with Crippen molar-refractivity contribution in [3.8, 4) is 12.3 Å². The van der Waals surface area contributed by atoms with Gasteiger partial charge in [-0.25, -0.2) is 8.42 Å². The molecule has 1 aromatic carbocycles. The van der Waals surface area contributed by atoms with Gasteiger partial charge in [0.1, 0.15) is 0 Å². The molecule has 1 aliphatic carbocycles. The molecule has 0 heterocycles. The van der Waals surface area contributed by atoms with Crippen molar-refractivity contribution in [3.63, 3.8) is 0 Å². The number of benzene rings is 1. The van der Waals surface area contributed by atoms with E-state index in [1.807, 2.05) is 24.3 Å². The SMILES string of the molecule is C#CCN(CC)S(=O)(=O)Cc1ccc(CNC2CC2)cc1. The van der Waals surface area contributed by atoms with Gasteiger partial charge < -0.3 is 5.32 Å². The minimum Gasteiger partial charge on any atom is -0.310 e. The van der Waals surface area contributed by atoms with Crippen LogP contribution in [0.2, 0.25) is 0 Å². The molecule has 0 spiro atoms. The van der Waals surface area contributed by atoms with Gasteiger partial charge in [-0.15, -0.1) is 6.42 Å². The number of sulfonamides is 1. The zero-order valence-electron chi connectivity index (χ0n) is 12.4. The average molecular weight is 306 g/mol. The van der Waals surface area contributed by atoms with Crippen LogP contribution >= 0.6 is 0 Å². The molecule has 2 rings (SSSR count). The highest BCUT2D eigenvalue weighted by molar-refractivity contribution is 7.88. The Labute approximate surface area is 127 Å². The largest absolute Gasteiger partial charge is 0.310 e. The van der Waals surface area contributed by atoms with Crippen LogP contribution in [0.3, 0.4) is 0 Å². The Morgan fingerprint density at radius 2 is 1.90 bits per heavy atom. The number of hydrogen-bond acceptors (Lipinski definition) is 3. The van der Waals surface area contributed by atoms with Crippen molar-refractivity contribution >= 4 is 10.0 Å². The van der Waals surface area contributed by atoms with Gasteiger partial charge in [0.15, 0.2) is 0 Å². The summed E-state index contributed by atoms with van der Waals surface area (Å²) in [7, 11) is -3.34. The number of nitrogens with zero attached hydrogens (tertiary/aromatic N) is 1. The maximum atomic E-state index is 12.2. The minimum atomic E-state index is -3.34. The summed E-state index contributed by atoms with van der Waals surface area (Å²) in [5.41, 5.74) is 1.97. The number of terminal acetylenes is 1. The van der Waals surface area contributed by atoms with Gasteiger partial charge in [-0.2, -0.15) is 4.31 Å². The molecular formula is C16H22N2O2S. The summed E-state index contributed by atoms with van der Waals surface area (Å²) in [4.78, 5) is 0. The Kier molecular flexibility index (Phi) is 5.40. The number of hydrogen-bond donors (Lipinski definition) is 1. The van der Waals surface area contributed by atoms with Crippen molar-refractivity contribution < 1.29 is 8.42 Å². The first-order valence-corrected chi connectivity index (χ1v) is 8.88. The zero-order valence-corrected chi connectivity index (χ0v) is 13.2. The molecule has 0 aromatic heterocycles. The highest BCUT2D eigenvalue weighted by Crippen LogP contribution is 2.19. The van der Waals surface area contributed by atoms with E-state index in [0.717, 1.165) is 12.1 Å². The fourth-order valence-electron chi connectivity index (χ4n) is 2.11. The molecule has 0 aliphatic heterocycles. The minimum absolute atomic E-state index is 0.00114. The van der Waals surface area contributed by atoms with Crippen LogP contribution in [-0.2, 0) is 22.3 Å². The highest BCUT2D eigenvalue weighted by Gasteiger charge is 2.21. The molecule has 0 atom stereocenters. The molecule has 1 aromatic rings. The van der Waals surface area contributed by atoms with Gasteiger partial charge in [0.25, 0.3) is 0 Å². The van der Waals surface area contributed by atoms with Crippen LogP contribution in [0.4, 0.5) is 0 Å². The van der Waals surface area contributed by atoms with Crippen molar-refractivity contribution in [2.75, 3.05) is 13.1 Å². The van der Waals surface area contributed by atoms with E-state index in [9.17, 15) is 8.42 Å². The smallest absolute Gasteiger partial charge is 0.219 e. The predicted octanol–water partition coefficient (Wildman–Crippen LogP) is 1.72. The molecule has 1 aliphatic rings. The summed E-state index contributed by atoms with van der Waals surface area (Å²) in [6.07, 6.45) is 7.74. The lowest BCUT2D eigenvalue weighted by Gasteiger charge is -2.17. The second-order valence-corrected chi connectivity index (χ2v) is 7.33. The Morgan fingerprint density at radius 1 is 1.29 bits per heavy atom.